The Morgan fingerprint density at radius 2 is 2.15 bits per heavy atom. The van der Waals surface area contributed by atoms with Crippen LogP contribution < -0.4 is 5.32 Å². The largest absolute Gasteiger partial charge is 0.374 e. The molecule has 2 atom stereocenters. The van der Waals surface area contributed by atoms with Gasteiger partial charge in [-0.15, -0.1) is 0 Å². The summed E-state index contributed by atoms with van der Waals surface area (Å²) in [5.74, 6) is -1.53. The van der Waals surface area contributed by atoms with E-state index >= 15 is 0 Å². The van der Waals surface area contributed by atoms with E-state index in [-0.39, 0.29) is 11.6 Å². The molecule has 2 rings (SSSR count). The van der Waals surface area contributed by atoms with Gasteiger partial charge in [0, 0.05) is 12.6 Å². The summed E-state index contributed by atoms with van der Waals surface area (Å²) in [5, 5.41) is 3.37. The second-order valence-electron chi connectivity index (χ2n) is 5.65. The van der Waals surface area contributed by atoms with Crippen LogP contribution in [0, 0.1) is 11.6 Å². The molecule has 1 aliphatic rings. The van der Waals surface area contributed by atoms with Crippen molar-refractivity contribution in [1.82, 2.24) is 5.32 Å². The van der Waals surface area contributed by atoms with E-state index in [4.69, 9.17) is 4.74 Å². The highest BCUT2D eigenvalue weighted by molar-refractivity contribution is 5.21. The summed E-state index contributed by atoms with van der Waals surface area (Å²) in [7, 11) is 0. The second kappa shape index (κ2) is 6.64. The molecule has 1 aromatic carbocycles. The molecule has 0 radical (unpaired) electrons. The van der Waals surface area contributed by atoms with Crippen LogP contribution in [0.1, 0.15) is 38.7 Å². The minimum atomic E-state index is -0.785. The van der Waals surface area contributed by atoms with E-state index < -0.39 is 11.6 Å². The zero-order valence-corrected chi connectivity index (χ0v) is 12.2. The summed E-state index contributed by atoms with van der Waals surface area (Å²) in [6, 6.07) is 4.35. The van der Waals surface area contributed by atoms with Crippen LogP contribution in [0.4, 0.5) is 8.78 Å². The van der Waals surface area contributed by atoms with Crippen molar-refractivity contribution < 1.29 is 13.5 Å². The van der Waals surface area contributed by atoms with Gasteiger partial charge in [0.15, 0.2) is 11.6 Å². The molecule has 1 aromatic rings. The third kappa shape index (κ3) is 3.36. The molecule has 112 valence electrons. The molecule has 0 bridgehead atoms. The van der Waals surface area contributed by atoms with Crippen LogP contribution in [-0.4, -0.2) is 24.8 Å². The Kier molecular flexibility index (Phi) is 5.11. The Morgan fingerprint density at radius 3 is 2.80 bits per heavy atom. The van der Waals surface area contributed by atoms with Crippen molar-refractivity contribution in [3.8, 4) is 0 Å². The fraction of sp³-hybridized carbons (Fsp3) is 0.625. The zero-order chi connectivity index (χ0) is 14.6. The van der Waals surface area contributed by atoms with Crippen LogP contribution >= 0.6 is 0 Å². The maximum atomic E-state index is 13.9. The van der Waals surface area contributed by atoms with Crippen molar-refractivity contribution in [2.45, 2.75) is 51.2 Å². The quantitative estimate of drug-likeness (QED) is 0.893. The molecule has 1 saturated heterocycles. The van der Waals surface area contributed by atoms with Crippen molar-refractivity contribution in [2.75, 3.05) is 13.2 Å². The topological polar surface area (TPSA) is 21.3 Å². The molecule has 0 spiro atoms. The van der Waals surface area contributed by atoms with Gasteiger partial charge in [0.1, 0.15) is 0 Å². The molecule has 0 aliphatic carbocycles. The number of rotatable bonds is 5. The van der Waals surface area contributed by atoms with Crippen LogP contribution in [0.5, 0.6) is 0 Å². The van der Waals surface area contributed by atoms with E-state index in [2.05, 4.69) is 12.2 Å². The highest BCUT2D eigenvalue weighted by atomic mass is 19.2. The fourth-order valence-electron chi connectivity index (χ4n) is 2.91. The smallest absolute Gasteiger partial charge is 0.162 e. The number of nitrogens with one attached hydrogen (secondary N) is 1. The molecule has 2 unspecified atom stereocenters. The van der Waals surface area contributed by atoms with Gasteiger partial charge in [0.2, 0.25) is 0 Å². The van der Waals surface area contributed by atoms with Gasteiger partial charge in [-0.05, 0) is 50.8 Å². The molecule has 0 aromatic heterocycles. The average Bonchev–Trinajstić information content (AvgIpc) is 2.44. The fourth-order valence-corrected chi connectivity index (χ4v) is 2.91. The van der Waals surface area contributed by atoms with Crippen molar-refractivity contribution in [2.24, 2.45) is 0 Å². The van der Waals surface area contributed by atoms with Gasteiger partial charge < -0.3 is 10.1 Å². The number of likely N-dealkylation sites (N-methyl/N-ethyl adjacent to an activating group) is 1. The van der Waals surface area contributed by atoms with Crippen molar-refractivity contribution >= 4 is 0 Å². The molecule has 1 N–H and O–H groups in total. The molecular weight excluding hydrogens is 260 g/mol. The van der Waals surface area contributed by atoms with Gasteiger partial charge in [-0.3, -0.25) is 0 Å². The lowest BCUT2D eigenvalue weighted by Crippen LogP contribution is -2.53. The maximum absolute atomic E-state index is 13.9. The first-order valence-electron chi connectivity index (χ1n) is 7.37. The van der Waals surface area contributed by atoms with Crippen molar-refractivity contribution in [3.63, 3.8) is 0 Å². The average molecular weight is 283 g/mol. The van der Waals surface area contributed by atoms with Crippen LogP contribution in [0.2, 0.25) is 0 Å². The van der Waals surface area contributed by atoms with Crippen molar-refractivity contribution in [3.05, 3.63) is 35.4 Å². The van der Waals surface area contributed by atoms with Crippen LogP contribution in [-0.2, 0) is 11.2 Å². The predicted molar refractivity (Wildman–Crippen MR) is 75.7 cm³/mol. The molecule has 1 fully saturated rings. The summed E-state index contributed by atoms with van der Waals surface area (Å²) >= 11 is 0. The highest BCUT2D eigenvalue weighted by Crippen LogP contribution is 2.30. The highest BCUT2D eigenvalue weighted by Gasteiger charge is 2.36. The molecule has 20 heavy (non-hydrogen) atoms. The molecule has 0 saturated carbocycles. The van der Waals surface area contributed by atoms with E-state index in [1.807, 2.05) is 6.92 Å². The lowest BCUT2D eigenvalue weighted by Gasteiger charge is -2.41. The predicted octanol–water partition coefficient (Wildman–Crippen LogP) is 3.44. The lowest BCUT2D eigenvalue weighted by molar-refractivity contribution is -0.0882. The summed E-state index contributed by atoms with van der Waals surface area (Å²) in [4.78, 5) is 0. The number of hydrogen-bond acceptors (Lipinski definition) is 2. The van der Waals surface area contributed by atoms with Crippen LogP contribution in [0.3, 0.4) is 0 Å². The van der Waals surface area contributed by atoms with Crippen molar-refractivity contribution in [1.29, 1.82) is 0 Å². The SMILES string of the molecule is CCNC(Cc1cccc(F)c1F)C1(C)CCCCO1. The first-order valence-corrected chi connectivity index (χ1v) is 7.37. The first-order chi connectivity index (χ1) is 9.57. The monoisotopic (exact) mass is 283 g/mol. The number of benzene rings is 1. The van der Waals surface area contributed by atoms with Crippen LogP contribution in [0.15, 0.2) is 18.2 Å². The molecule has 2 nitrogen and oxygen atoms in total. The summed E-state index contributed by atoms with van der Waals surface area (Å²) in [5.41, 5.74) is 0.0962. The summed E-state index contributed by atoms with van der Waals surface area (Å²) < 4.78 is 33.1. The van der Waals surface area contributed by atoms with Gasteiger partial charge in [-0.1, -0.05) is 19.1 Å². The second-order valence-corrected chi connectivity index (χ2v) is 5.65. The Hall–Kier alpha value is -1.00. The van der Waals surface area contributed by atoms with E-state index in [0.717, 1.165) is 38.5 Å². The molecule has 0 amide bonds. The maximum Gasteiger partial charge on any atom is 0.162 e. The van der Waals surface area contributed by atoms with Gasteiger partial charge >= 0.3 is 0 Å². The third-order valence-corrected chi connectivity index (χ3v) is 4.14. The lowest BCUT2D eigenvalue weighted by atomic mass is 9.84. The van der Waals surface area contributed by atoms with Crippen LogP contribution in [0.25, 0.3) is 0 Å². The van der Waals surface area contributed by atoms with E-state index in [0.29, 0.717) is 12.0 Å². The molecule has 1 heterocycles. The standard InChI is InChI=1S/C16H23F2NO/c1-3-19-14(16(2)9-4-5-10-20-16)11-12-7-6-8-13(17)15(12)18/h6-8,14,19H,3-5,9-11H2,1-2H3. The van der Waals surface area contributed by atoms with E-state index in [1.54, 1.807) is 12.1 Å². The van der Waals surface area contributed by atoms with Gasteiger partial charge in [-0.2, -0.15) is 0 Å². The normalized spacial score (nSPS) is 24.6. The minimum Gasteiger partial charge on any atom is -0.374 e. The van der Waals surface area contributed by atoms with E-state index in [1.165, 1.54) is 0 Å². The number of halogens is 2. The Labute approximate surface area is 119 Å². The van der Waals surface area contributed by atoms with Gasteiger partial charge in [0.25, 0.3) is 0 Å². The molecule has 1 aliphatic heterocycles. The minimum absolute atomic E-state index is 0.0101. The third-order valence-electron chi connectivity index (χ3n) is 4.14. The Morgan fingerprint density at radius 1 is 1.35 bits per heavy atom. The van der Waals surface area contributed by atoms with Gasteiger partial charge in [0.05, 0.1) is 5.60 Å². The Balaban J connectivity index is 2.18. The first kappa shape index (κ1) is 15.4. The molecule has 4 heteroatoms. The number of hydrogen-bond donors (Lipinski definition) is 1. The van der Waals surface area contributed by atoms with E-state index in [9.17, 15) is 8.78 Å². The van der Waals surface area contributed by atoms with Gasteiger partial charge in [-0.25, -0.2) is 8.78 Å². The zero-order valence-electron chi connectivity index (χ0n) is 12.2. The molecular formula is C16H23F2NO. The summed E-state index contributed by atoms with van der Waals surface area (Å²) in [6.07, 6.45) is 3.57. The number of ether oxygens (including phenoxy) is 1. The Bertz CT molecular complexity index is 444. The summed E-state index contributed by atoms with van der Waals surface area (Å²) in [6.45, 7) is 5.60.